The van der Waals surface area contributed by atoms with Crippen LogP contribution in [0.4, 0.5) is 0 Å². The van der Waals surface area contributed by atoms with Gasteiger partial charge in [-0.05, 0) is 5.92 Å². The van der Waals surface area contributed by atoms with Crippen LogP contribution in [0.3, 0.4) is 0 Å². The van der Waals surface area contributed by atoms with Gasteiger partial charge in [0.25, 0.3) is 0 Å². The van der Waals surface area contributed by atoms with Gasteiger partial charge in [-0.1, -0.05) is 6.92 Å². The highest BCUT2D eigenvalue weighted by Gasteiger charge is 2.21. The maximum absolute atomic E-state index is 10.2. The standard InChI is InChI=1S/C6H11NO4/c1-3(2-4(8)9)5(7)6(10)11/h3,5H,2,7H2,1H3,(H,8,9)(H,10,11)/t3-,5-/m1/s1. The largest absolute Gasteiger partial charge is 0.481 e. The minimum Gasteiger partial charge on any atom is -0.481 e. The van der Waals surface area contributed by atoms with E-state index in [0.717, 1.165) is 0 Å². The third-order valence-corrected chi connectivity index (χ3v) is 1.39. The van der Waals surface area contributed by atoms with Crippen LogP contribution < -0.4 is 5.73 Å². The van der Waals surface area contributed by atoms with Crippen LogP contribution in [0.25, 0.3) is 0 Å². The Kier molecular flexibility index (Phi) is 3.53. The Labute approximate surface area is 63.8 Å². The first-order valence-corrected chi connectivity index (χ1v) is 3.15. The summed E-state index contributed by atoms with van der Waals surface area (Å²) in [6.07, 6.45) is -0.215. The van der Waals surface area contributed by atoms with Crippen molar-refractivity contribution in [1.29, 1.82) is 0 Å². The van der Waals surface area contributed by atoms with Gasteiger partial charge >= 0.3 is 11.9 Å². The van der Waals surface area contributed by atoms with Crippen molar-refractivity contribution in [2.24, 2.45) is 11.7 Å². The van der Waals surface area contributed by atoms with Crippen LogP contribution >= 0.6 is 0 Å². The topological polar surface area (TPSA) is 101 Å². The number of hydrogen-bond acceptors (Lipinski definition) is 3. The third-order valence-electron chi connectivity index (χ3n) is 1.39. The SMILES string of the molecule is C[C@H](CC(=O)O)[C@@H](N)C(=O)O. The lowest BCUT2D eigenvalue weighted by molar-refractivity contribution is -0.141. The molecule has 64 valence electrons. The fourth-order valence-corrected chi connectivity index (χ4v) is 0.646. The first-order valence-electron chi connectivity index (χ1n) is 3.15. The number of carboxylic acids is 2. The lowest BCUT2D eigenvalue weighted by Crippen LogP contribution is -2.37. The molecule has 4 N–H and O–H groups in total. The zero-order valence-electron chi connectivity index (χ0n) is 6.15. The second-order valence-corrected chi connectivity index (χ2v) is 2.44. The minimum absolute atomic E-state index is 0.215. The summed E-state index contributed by atoms with van der Waals surface area (Å²) in [6.45, 7) is 1.49. The van der Waals surface area contributed by atoms with E-state index in [1.165, 1.54) is 6.92 Å². The molecule has 0 heterocycles. The molecule has 5 heteroatoms. The molecule has 0 amide bonds. The van der Waals surface area contributed by atoms with Crippen LogP contribution in [-0.4, -0.2) is 28.2 Å². The van der Waals surface area contributed by atoms with Gasteiger partial charge in [0.05, 0.1) is 0 Å². The summed E-state index contributed by atoms with van der Waals surface area (Å²) in [6, 6.07) is -1.09. The predicted molar refractivity (Wildman–Crippen MR) is 37.0 cm³/mol. The van der Waals surface area contributed by atoms with Crippen LogP contribution in [0.5, 0.6) is 0 Å². The Morgan fingerprint density at radius 1 is 1.45 bits per heavy atom. The Morgan fingerprint density at radius 3 is 2.18 bits per heavy atom. The molecule has 0 aliphatic rings. The molecular formula is C6H11NO4. The summed E-state index contributed by atoms with van der Waals surface area (Å²) in [5.74, 6) is -2.74. The Bertz CT molecular complexity index is 168. The van der Waals surface area contributed by atoms with Crippen molar-refractivity contribution in [1.82, 2.24) is 0 Å². The van der Waals surface area contributed by atoms with E-state index in [1.807, 2.05) is 0 Å². The van der Waals surface area contributed by atoms with Crippen molar-refractivity contribution < 1.29 is 19.8 Å². The Balaban J connectivity index is 3.92. The van der Waals surface area contributed by atoms with E-state index in [0.29, 0.717) is 0 Å². The number of hydrogen-bond donors (Lipinski definition) is 3. The lowest BCUT2D eigenvalue weighted by Gasteiger charge is -2.12. The van der Waals surface area contributed by atoms with E-state index in [4.69, 9.17) is 15.9 Å². The first-order chi connectivity index (χ1) is 4.95. The minimum atomic E-state index is -1.17. The molecule has 11 heavy (non-hydrogen) atoms. The van der Waals surface area contributed by atoms with Gasteiger partial charge in [-0.15, -0.1) is 0 Å². The molecule has 0 saturated heterocycles. The summed E-state index contributed by atoms with van der Waals surface area (Å²) < 4.78 is 0. The summed E-state index contributed by atoms with van der Waals surface area (Å²) >= 11 is 0. The molecule has 2 atom stereocenters. The van der Waals surface area contributed by atoms with Gasteiger partial charge in [-0.3, -0.25) is 9.59 Å². The van der Waals surface area contributed by atoms with Crippen LogP contribution in [0.15, 0.2) is 0 Å². The van der Waals surface area contributed by atoms with E-state index >= 15 is 0 Å². The van der Waals surface area contributed by atoms with Crippen LogP contribution in [-0.2, 0) is 9.59 Å². The number of nitrogens with two attached hydrogens (primary N) is 1. The molecule has 0 saturated carbocycles. The molecule has 0 aromatic carbocycles. The molecule has 0 unspecified atom stereocenters. The third kappa shape index (κ3) is 3.57. The van der Waals surface area contributed by atoms with Crippen LogP contribution in [0.1, 0.15) is 13.3 Å². The maximum atomic E-state index is 10.2. The number of carbonyl (C=O) groups is 2. The average Bonchev–Trinajstić information content (AvgIpc) is 1.84. The van der Waals surface area contributed by atoms with Crippen molar-refractivity contribution >= 4 is 11.9 Å². The van der Waals surface area contributed by atoms with Gasteiger partial charge in [0.15, 0.2) is 0 Å². The van der Waals surface area contributed by atoms with Gasteiger partial charge < -0.3 is 15.9 Å². The normalized spacial score (nSPS) is 15.5. The van der Waals surface area contributed by atoms with Gasteiger partial charge in [-0.25, -0.2) is 0 Å². The number of rotatable bonds is 4. The summed E-state index contributed by atoms with van der Waals surface area (Å²) in [4.78, 5) is 20.3. The fourth-order valence-electron chi connectivity index (χ4n) is 0.646. The molecule has 5 nitrogen and oxygen atoms in total. The molecule has 0 fully saturated rings. The summed E-state index contributed by atoms with van der Waals surface area (Å²) in [7, 11) is 0. The van der Waals surface area contributed by atoms with Gasteiger partial charge in [0.1, 0.15) is 6.04 Å². The van der Waals surface area contributed by atoms with E-state index in [1.54, 1.807) is 0 Å². The van der Waals surface area contributed by atoms with E-state index < -0.39 is 23.9 Å². The molecule has 0 aromatic rings. The van der Waals surface area contributed by atoms with E-state index in [2.05, 4.69) is 0 Å². The molecule has 0 aliphatic carbocycles. The average molecular weight is 161 g/mol. The van der Waals surface area contributed by atoms with Crippen LogP contribution in [0, 0.1) is 5.92 Å². The lowest BCUT2D eigenvalue weighted by atomic mass is 10.00. The maximum Gasteiger partial charge on any atom is 0.320 e. The zero-order valence-corrected chi connectivity index (χ0v) is 6.15. The highest BCUT2D eigenvalue weighted by atomic mass is 16.4. The van der Waals surface area contributed by atoms with Gasteiger partial charge in [0, 0.05) is 6.42 Å². The summed E-state index contributed by atoms with van der Waals surface area (Å²) in [5, 5.41) is 16.6. The fraction of sp³-hybridized carbons (Fsp3) is 0.667. The number of aliphatic carboxylic acids is 2. The highest BCUT2D eigenvalue weighted by Crippen LogP contribution is 2.05. The second kappa shape index (κ2) is 3.92. The number of carboxylic acid groups (broad SMARTS) is 2. The second-order valence-electron chi connectivity index (χ2n) is 2.44. The molecule has 0 aliphatic heterocycles. The van der Waals surface area contributed by atoms with Gasteiger partial charge in [0.2, 0.25) is 0 Å². The Hall–Kier alpha value is -1.10. The first kappa shape index (κ1) is 9.90. The van der Waals surface area contributed by atoms with Crippen molar-refractivity contribution in [3.63, 3.8) is 0 Å². The molecule has 0 rings (SSSR count). The monoisotopic (exact) mass is 161 g/mol. The van der Waals surface area contributed by atoms with Crippen molar-refractivity contribution in [3.05, 3.63) is 0 Å². The smallest absolute Gasteiger partial charge is 0.320 e. The highest BCUT2D eigenvalue weighted by molar-refractivity contribution is 5.75. The van der Waals surface area contributed by atoms with Crippen molar-refractivity contribution in [2.45, 2.75) is 19.4 Å². The molecule has 0 radical (unpaired) electrons. The van der Waals surface area contributed by atoms with Gasteiger partial charge in [-0.2, -0.15) is 0 Å². The summed E-state index contributed by atoms with van der Waals surface area (Å²) in [5.41, 5.74) is 5.15. The van der Waals surface area contributed by atoms with E-state index in [9.17, 15) is 9.59 Å². The van der Waals surface area contributed by atoms with Crippen molar-refractivity contribution in [2.75, 3.05) is 0 Å². The van der Waals surface area contributed by atoms with Crippen molar-refractivity contribution in [3.8, 4) is 0 Å². The van der Waals surface area contributed by atoms with E-state index in [-0.39, 0.29) is 6.42 Å². The molecular weight excluding hydrogens is 150 g/mol. The quantitative estimate of drug-likeness (QED) is 0.516. The molecule has 0 spiro atoms. The Morgan fingerprint density at radius 2 is 1.91 bits per heavy atom. The molecule has 0 bridgehead atoms. The zero-order chi connectivity index (χ0) is 9.02. The predicted octanol–water partition coefficient (Wildman–Crippen LogP) is -0.491. The molecule has 0 aromatic heterocycles. The van der Waals surface area contributed by atoms with Crippen LogP contribution in [0.2, 0.25) is 0 Å².